The predicted molar refractivity (Wildman–Crippen MR) is 73.7 cm³/mol. The number of sulfonamides is 1. The Bertz CT molecular complexity index is 705. The molecule has 9 heteroatoms. The molecular formula is C10H15N5O2S2. The van der Waals surface area contributed by atoms with Crippen LogP contribution in [-0.2, 0) is 10.0 Å². The average molecular weight is 301 g/mol. The van der Waals surface area contributed by atoms with Crippen molar-refractivity contribution in [3.63, 3.8) is 0 Å². The summed E-state index contributed by atoms with van der Waals surface area (Å²) in [5, 5.41) is 1.82. The van der Waals surface area contributed by atoms with E-state index in [0.717, 1.165) is 13.0 Å². The zero-order valence-corrected chi connectivity index (χ0v) is 12.0. The second kappa shape index (κ2) is 4.44. The minimum absolute atomic E-state index is 0.0401. The second-order valence-corrected chi connectivity index (χ2v) is 7.23. The zero-order chi connectivity index (χ0) is 13.6. The van der Waals surface area contributed by atoms with Crippen molar-refractivity contribution in [3.05, 3.63) is 11.6 Å². The molecule has 1 saturated heterocycles. The van der Waals surface area contributed by atoms with E-state index in [1.54, 1.807) is 11.6 Å². The Hall–Kier alpha value is -1.16. The highest BCUT2D eigenvalue weighted by molar-refractivity contribution is 7.89. The first-order chi connectivity index (χ1) is 8.97. The van der Waals surface area contributed by atoms with Crippen molar-refractivity contribution >= 4 is 32.1 Å². The first-order valence-electron chi connectivity index (χ1n) is 5.89. The van der Waals surface area contributed by atoms with Crippen LogP contribution in [0.5, 0.6) is 0 Å². The highest BCUT2D eigenvalue weighted by Gasteiger charge is 2.29. The number of nitrogens with one attached hydrogen (secondary N) is 1. The molecule has 1 unspecified atom stereocenters. The number of thiazole rings is 1. The normalized spacial score (nSPS) is 21.4. The van der Waals surface area contributed by atoms with E-state index in [9.17, 15) is 8.42 Å². The molecule has 3 rings (SSSR count). The van der Waals surface area contributed by atoms with Crippen molar-refractivity contribution in [1.29, 1.82) is 0 Å². The number of anilines is 1. The molecule has 19 heavy (non-hydrogen) atoms. The lowest BCUT2D eigenvalue weighted by molar-refractivity contribution is 0.407. The number of likely N-dealkylation sites (N-methyl/N-ethyl adjacent to an activating group) is 1. The molecule has 0 saturated carbocycles. The third-order valence-electron chi connectivity index (χ3n) is 3.21. The molecule has 1 atom stereocenters. The van der Waals surface area contributed by atoms with Crippen LogP contribution in [0.15, 0.2) is 16.6 Å². The van der Waals surface area contributed by atoms with Gasteiger partial charge in [0.1, 0.15) is 0 Å². The van der Waals surface area contributed by atoms with Crippen LogP contribution in [-0.4, -0.2) is 48.9 Å². The zero-order valence-electron chi connectivity index (χ0n) is 10.4. The molecule has 3 heterocycles. The number of aromatic nitrogens is 2. The van der Waals surface area contributed by atoms with Gasteiger partial charge in [-0.25, -0.2) is 18.1 Å². The summed E-state index contributed by atoms with van der Waals surface area (Å²) in [6.45, 7) is 1.60. The molecule has 0 bridgehead atoms. The monoisotopic (exact) mass is 301 g/mol. The highest BCUT2D eigenvalue weighted by Crippen LogP contribution is 2.24. The standard InChI is InChI=1S/C10H15N5O2S2/c1-14-3-2-7(6-14)13-19(16,17)9-8(11)12-10-15(9)4-5-18-10/h4-5,7,13H,2-3,6,11H2,1H3. The summed E-state index contributed by atoms with van der Waals surface area (Å²) < 4.78 is 29.1. The molecule has 1 aliphatic rings. The number of fused-ring (bicyclic) bond motifs is 1. The molecular weight excluding hydrogens is 286 g/mol. The van der Waals surface area contributed by atoms with Gasteiger partial charge < -0.3 is 10.6 Å². The van der Waals surface area contributed by atoms with Crippen LogP contribution in [0.3, 0.4) is 0 Å². The fourth-order valence-electron chi connectivity index (χ4n) is 2.36. The quantitative estimate of drug-likeness (QED) is 0.830. The molecule has 104 valence electrons. The van der Waals surface area contributed by atoms with Gasteiger partial charge in [0, 0.05) is 24.2 Å². The Morgan fingerprint density at radius 3 is 3.05 bits per heavy atom. The van der Waals surface area contributed by atoms with Gasteiger partial charge in [0.25, 0.3) is 10.0 Å². The minimum Gasteiger partial charge on any atom is -0.381 e. The lowest BCUT2D eigenvalue weighted by Crippen LogP contribution is -2.37. The molecule has 2 aromatic rings. The van der Waals surface area contributed by atoms with E-state index in [0.29, 0.717) is 11.5 Å². The Morgan fingerprint density at radius 2 is 2.37 bits per heavy atom. The number of rotatable bonds is 3. The first kappa shape index (κ1) is 12.9. The van der Waals surface area contributed by atoms with Gasteiger partial charge in [-0.05, 0) is 20.0 Å². The Balaban J connectivity index is 1.95. The third kappa shape index (κ3) is 2.22. The van der Waals surface area contributed by atoms with E-state index in [1.807, 2.05) is 7.05 Å². The fourth-order valence-corrected chi connectivity index (χ4v) is 4.60. The minimum atomic E-state index is -3.65. The largest absolute Gasteiger partial charge is 0.381 e. The number of nitrogen functional groups attached to an aromatic ring is 1. The van der Waals surface area contributed by atoms with Crippen LogP contribution in [0.1, 0.15) is 6.42 Å². The van der Waals surface area contributed by atoms with E-state index >= 15 is 0 Å². The summed E-state index contributed by atoms with van der Waals surface area (Å²) in [6, 6.07) is -0.0708. The Labute approximate surface area is 115 Å². The van der Waals surface area contributed by atoms with E-state index in [4.69, 9.17) is 5.73 Å². The van der Waals surface area contributed by atoms with E-state index < -0.39 is 10.0 Å². The van der Waals surface area contributed by atoms with Crippen LogP contribution in [0.25, 0.3) is 4.96 Å². The molecule has 0 aliphatic carbocycles. The van der Waals surface area contributed by atoms with Crippen molar-refractivity contribution in [2.75, 3.05) is 25.9 Å². The summed E-state index contributed by atoms with van der Waals surface area (Å²) in [7, 11) is -1.67. The van der Waals surface area contributed by atoms with Crippen LogP contribution >= 0.6 is 11.3 Å². The molecule has 2 aromatic heterocycles. The van der Waals surface area contributed by atoms with Crippen molar-refractivity contribution in [2.45, 2.75) is 17.5 Å². The predicted octanol–water partition coefficient (Wildman–Crippen LogP) is -0.0396. The Kier molecular flexibility index (Phi) is 3.01. The number of nitrogens with zero attached hydrogens (tertiary/aromatic N) is 3. The van der Waals surface area contributed by atoms with Crippen molar-refractivity contribution in [2.24, 2.45) is 0 Å². The van der Waals surface area contributed by atoms with Gasteiger partial charge in [-0.3, -0.25) is 4.40 Å². The molecule has 0 radical (unpaired) electrons. The summed E-state index contributed by atoms with van der Waals surface area (Å²) in [6.07, 6.45) is 2.47. The van der Waals surface area contributed by atoms with Crippen LogP contribution in [0.2, 0.25) is 0 Å². The summed E-state index contributed by atoms with van der Waals surface area (Å²) >= 11 is 1.35. The summed E-state index contributed by atoms with van der Waals surface area (Å²) in [5.74, 6) is 0.0469. The third-order valence-corrected chi connectivity index (χ3v) is 5.53. The van der Waals surface area contributed by atoms with Gasteiger partial charge >= 0.3 is 0 Å². The van der Waals surface area contributed by atoms with E-state index in [1.165, 1.54) is 15.7 Å². The van der Waals surface area contributed by atoms with Gasteiger partial charge in [0.2, 0.25) is 0 Å². The van der Waals surface area contributed by atoms with E-state index in [-0.39, 0.29) is 16.9 Å². The molecule has 3 N–H and O–H groups in total. The van der Waals surface area contributed by atoms with Gasteiger partial charge in [-0.1, -0.05) is 0 Å². The van der Waals surface area contributed by atoms with E-state index in [2.05, 4.69) is 14.6 Å². The Morgan fingerprint density at radius 1 is 1.58 bits per heavy atom. The van der Waals surface area contributed by atoms with Crippen molar-refractivity contribution in [1.82, 2.24) is 19.0 Å². The number of hydrogen-bond donors (Lipinski definition) is 2. The summed E-state index contributed by atoms with van der Waals surface area (Å²) in [4.78, 5) is 6.73. The van der Waals surface area contributed by atoms with Crippen LogP contribution in [0, 0.1) is 0 Å². The number of nitrogens with two attached hydrogens (primary N) is 1. The van der Waals surface area contributed by atoms with Crippen molar-refractivity contribution in [3.8, 4) is 0 Å². The van der Waals surface area contributed by atoms with Gasteiger partial charge in [0.05, 0.1) is 0 Å². The SMILES string of the molecule is CN1CCC(NS(=O)(=O)c2c(N)nc3sccn23)C1. The smallest absolute Gasteiger partial charge is 0.260 e. The second-order valence-electron chi connectivity index (χ2n) is 4.73. The van der Waals surface area contributed by atoms with Crippen LogP contribution < -0.4 is 10.5 Å². The molecule has 1 fully saturated rings. The van der Waals surface area contributed by atoms with Gasteiger partial charge in [-0.2, -0.15) is 0 Å². The van der Waals surface area contributed by atoms with Gasteiger partial charge in [-0.15, -0.1) is 11.3 Å². The lowest BCUT2D eigenvalue weighted by Gasteiger charge is -2.13. The maximum absolute atomic E-state index is 12.4. The number of imidazole rings is 1. The average Bonchev–Trinajstić information content (AvgIpc) is 2.93. The lowest BCUT2D eigenvalue weighted by atomic mass is 10.3. The molecule has 0 amide bonds. The number of likely N-dealkylation sites (tertiary alicyclic amines) is 1. The molecule has 7 nitrogen and oxygen atoms in total. The topological polar surface area (TPSA) is 92.7 Å². The van der Waals surface area contributed by atoms with Gasteiger partial charge in [0.15, 0.2) is 15.8 Å². The fraction of sp³-hybridized carbons (Fsp3) is 0.500. The maximum atomic E-state index is 12.4. The highest BCUT2D eigenvalue weighted by atomic mass is 32.2. The summed E-state index contributed by atoms with van der Waals surface area (Å²) in [5.41, 5.74) is 5.73. The van der Waals surface area contributed by atoms with Crippen LogP contribution in [0.4, 0.5) is 5.82 Å². The first-order valence-corrected chi connectivity index (χ1v) is 8.25. The van der Waals surface area contributed by atoms with Crippen molar-refractivity contribution < 1.29 is 8.42 Å². The molecule has 0 aromatic carbocycles. The maximum Gasteiger partial charge on any atom is 0.260 e. The number of hydrogen-bond acceptors (Lipinski definition) is 6. The molecule has 1 aliphatic heterocycles. The molecule has 0 spiro atoms.